The molecule has 17 N–H and O–H groups in total. The van der Waals surface area contributed by atoms with Gasteiger partial charge < -0.3 is 129 Å². The van der Waals surface area contributed by atoms with E-state index in [-0.39, 0.29) is 88.9 Å². The first-order chi connectivity index (χ1) is 51.5. The van der Waals surface area contributed by atoms with Crippen LogP contribution in [-0.4, -0.2) is 307 Å². The van der Waals surface area contributed by atoms with Gasteiger partial charge in [-0.3, -0.25) is 50.1 Å². The van der Waals surface area contributed by atoms with Gasteiger partial charge in [0.05, 0.1) is 109 Å². The molecule has 0 radical (unpaired) electrons. The molecule has 2 aromatic rings. The molecule has 0 bridgehead atoms. The number of nitrogens with two attached hydrogens (primary N) is 1. The summed E-state index contributed by atoms with van der Waals surface area (Å²) in [6.07, 6.45) is -10.8. The number of phosphoric ester groups is 4. The lowest BCUT2D eigenvalue weighted by atomic mass is 9.92. The van der Waals surface area contributed by atoms with Crippen LogP contribution in [0.3, 0.4) is 0 Å². The van der Waals surface area contributed by atoms with Crippen molar-refractivity contribution in [3.63, 3.8) is 0 Å². The fraction of sp³-hybridized carbons (Fsp3) is 0.900. The van der Waals surface area contributed by atoms with E-state index in [1.165, 1.54) is 17.8 Å². The number of rotatable bonds is 55. The van der Waals surface area contributed by atoms with Crippen molar-refractivity contribution in [3.8, 4) is 0 Å². The number of imidazole rings is 1. The van der Waals surface area contributed by atoms with Crippen molar-refractivity contribution in [3.05, 3.63) is 12.7 Å². The first-order valence-corrected chi connectivity index (χ1v) is 43.7. The topological polar surface area (TPSA) is 633 Å². The van der Waals surface area contributed by atoms with Crippen LogP contribution in [0.25, 0.3) is 11.2 Å². The lowest BCUT2D eigenvalue weighted by Gasteiger charge is -2.42. The van der Waals surface area contributed by atoms with E-state index in [1.54, 1.807) is 13.8 Å². The first kappa shape index (κ1) is 95.5. The first-order valence-electron chi connectivity index (χ1n) is 35.7. The van der Waals surface area contributed by atoms with Crippen molar-refractivity contribution in [2.24, 2.45) is 17.3 Å². The van der Waals surface area contributed by atoms with E-state index in [4.69, 9.17) is 89.1 Å². The second kappa shape index (κ2) is 46.6. The number of hydrogen-bond acceptors (Lipinski definition) is 37. The highest BCUT2D eigenvalue weighted by Crippen LogP contribution is 2.51. The standard InChI is InChI=1S/C60H111N6O38P5/c1-38-49(71)51(73)42(27-67)101-57(38)89-19-11-5-8-14-22-92-106(79,80)95-25-17-18-87-31-60(33-97-107(81,82)93-23-15-9-6-12-20-90-58-39(2)50(72)52(74)43(28-68)102-58,32-88-37-99-108(83,84)94-24-16-10-7-13-21-91-59-47(65-40(3)70)54(76)53(75)44(29-69)103-59)34-98-109(85,86)96-30-45-41(104-105(4,77)78)26-46(100-45)66-36-64-48-55(61)62-35-63-56(48)66/h35-36,38-39,41-47,49-54,57-59,67-69,71-76H,5-34,37H2,1-4H3,(H,65,70)(H,77,78)(H,79,80)(H,81,82)(H,83,84)(H,85,86)(H2,61,62,63)/t38?,39?,41-,42?,43?,44?,45+,46+,47?,49+,50+,51-,52-,53-,54+,57+,58+,59+,60?/m0/s1. The lowest BCUT2D eigenvalue weighted by molar-refractivity contribution is -0.282. The van der Waals surface area contributed by atoms with Gasteiger partial charge in [-0.15, -0.1) is 0 Å². The fourth-order valence-corrected chi connectivity index (χ4v) is 15.6. The van der Waals surface area contributed by atoms with Crippen LogP contribution in [0.15, 0.2) is 12.7 Å². The van der Waals surface area contributed by atoms with Crippen LogP contribution < -0.4 is 11.1 Å². The van der Waals surface area contributed by atoms with Gasteiger partial charge in [0.25, 0.3) is 0 Å². The molecule has 2 aromatic heterocycles. The third kappa shape index (κ3) is 32.3. The van der Waals surface area contributed by atoms with Crippen molar-refractivity contribution in [1.82, 2.24) is 24.8 Å². The molecular formula is C60H111N6O38P5. The molecule has 4 aliphatic heterocycles. The van der Waals surface area contributed by atoms with Crippen molar-refractivity contribution in [2.75, 3.05) is 125 Å². The third-order valence-electron chi connectivity index (χ3n) is 17.8. The van der Waals surface area contributed by atoms with Crippen LogP contribution in [0.5, 0.6) is 0 Å². The van der Waals surface area contributed by atoms with Crippen LogP contribution in [0.1, 0.15) is 117 Å². The number of aromatic nitrogens is 4. The maximum atomic E-state index is 14.0. The fourth-order valence-electron chi connectivity index (χ4n) is 11.7. The van der Waals surface area contributed by atoms with Crippen molar-refractivity contribution in [2.45, 2.75) is 209 Å². The van der Waals surface area contributed by atoms with Crippen LogP contribution in [0.2, 0.25) is 0 Å². The maximum absolute atomic E-state index is 14.0. The molecule has 6 heterocycles. The normalized spacial score (nSPS) is 31.0. The minimum Gasteiger partial charge on any atom is -0.394 e. The molecule has 0 spiro atoms. The number of amides is 1. The van der Waals surface area contributed by atoms with Crippen LogP contribution in [-0.2, 0) is 111 Å². The van der Waals surface area contributed by atoms with Gasteiger partial charge in [-0.25, -0.2) is 33.2 Å². The average Bonchev–Trinajstić information content (AvgIpc) is 1.75. The van der Waals surface area contributed by atoms with Crippen LogP contribution >= 0.6 is 38.9 Å². The largest absolute Gasteiger partial charge is 0.474 e. The smallest absolute Gasteiger partial charge is 0.394 e. The number of anilines is 1. The van der Waals surface area contributed by atoms with E-state index in [9.17, 15) is 98.0 Å². The quantitative estimate of drug-likeness (QED) is 0.0245. The monoisotopic (exact) mass is 1680 g/mol. The van der Waals surface area contributed by atoms with Crippen molar-refractivity contribution < 1.29 is 181 Å². The summed E-state index contributed by atoms with van der Waals surface area (Å²) in [6.45, 7) is -3.20. The Morgan fingerprint density at radius 2 is 0.954 bits per heavy atom. The number of phosphoric acid groups is 4. The molecule has 6 rings (SSSR count). The molecule has 4 fully saturated rings. The highest BCUT2D eigenvalue weighted by atomic mass is 31.2. The molecular weight excluding hydrogens is 1570 g/mol. The SMILES string of the molecule is CC(=O)NC1[C@H](OCCCCCCOP(=O)(O)OCOCC(COCCCOP(=O)(O)OCCCCCCO[C@@H]2OC(CO)[C@H](O)[C@H](O)C2C)(COP(=O)(O)OCCCCCCO[C@@H]2OC(CO)[C@H](O)[C@H](O)C2C)COP(=O)(O)OC[C@H]2O[C@@H](n3cnc4c(N)ncnc43)C[C@@H]2OP(C)(=O)O)OC(CO)[C@H](O)[C@@H]1O. The van der Waals surface area contributed by atoms with Crippen LogP contribution in [0, 0.1) is 17.3 Å². The number of aliphatic hydroxyl groups is 9. The lowest BCUT2D eigenvalue weighted by Crippen LogP contribution is -2.64. The Labute approximate surface area is 629 Å². The second-order valence-electron chi connectivity index (χ2n) is 26.9. The number of aliphatic hydroxyl groups excluding tert-OH is 9. The van der Waals surface area contributed by atoms with E-state index >= 15 is 0 Å². The minimum absolute atomic E-state index is 0.0272. The molecule has 0 aliphatic carbocycles. The molecule has 49 heteroatoms. The summed E-state index contributed by atoms with van der Waals surface area (Å²) in [5, 5.41) is 92.9. The Balaban J connectivity index is 1.08. The number of carbonyl (C=O) groups excluding carboxylic acids is 1. The van der Waals surface area contributed by atoms with E-state index in [0.717, 1.165) is 13.0 Å². The van der Waals surface area contributed by atoms with Gasteiger partial charge in [0.1, 0.15) is 72.9 Å². The number of nitrogens with zero attached hydrogens (tertiary/aromatic N) is 4. The number of hydrogen-bond donors (Lipinski definition) is 16. The van der Waals surface area contributed by atoms with Gasteiger partial charge >= 0.3 is 38.9 Å². The molecule has 44 nitrogen and oxygen atoms in total. The van der Waals surface area contributed by atoms with Gasteiger partial charge in [0.15, 0.2) is 37.1 Å². The van der Waals surface area contributed by atoms with Gasteiger partial charge in [-0.1, -0.05) is 52.4 Å². The predicted octanol–water partition coefficient (Wildman–Crippen LogP) is 0.623. The third-order valence-corrected chi connectivity index (χ3v) is 22.3. The van der Waals surface area contributed by atoms with Crippen LogP contribution in [0.4, 0.5) is 5.82 Å². The number of ether oxygens (including phenoxy) is 9. The van der Waals surface area contributed by atoms with Crippen molar-refractivity contribution >= 4 is 61.8 Å². The zero-order chi connectivity index (χ0) is 80.2. The molecule has 0 saturated carbocycles. The zero-order valence-electron chi connectivity index (χ0n) is 61.1. The van der Waals surface area contributed by atoms with Gasteiger partial charge in [-0.05, 0) is 44.9 Å². The maximum Gasteiger partial charge on any atom is 0.474 e. The second-order valence-corrected chi connectivity index (χ2v) is 34.5. The molecule has 12 unspecified atom stereocenters. The molecule has 0 aromatic carbocycles. The number of nitrogen functional groups attached to an aromatic ring is 1. The Hall–Kier alpha value is -2.31. The summed E-state index contributed by atoms with van der Waals surface area (Å²) in [7, 11) is -24.4. The van der Waals surface area contributed by atoms with Crippen molar-refractivity contribution in [1.29, 1.82) is 0 Å². The van der Waals surface area contributed by atoms with E-state index in [1.807, 2.05) is 0 Å². The summed E-state index contributed by atoms with van der Waals surface area (Å²) < 4.78 is 167. The summed E-state index contributed by atoms with van der Waals surface area (Å²) in [5.41, 5.74) is 4.31. The number of fused-ring (bicyclic) bond motifs is 1. The van der Waals surface area contributed by atoms with Gasteiger partial charge in [0.2, 0.25) is 5.91 Å². The summed E-state index contributed by atoms with van der Waals surface area (Å²) in [5.74, 6) is -1.71. The average molecular weight is 1680 g/mol. The zero-order valence-corrected chi connectivity index (χ0v) is 65.6. The molecule has 24 atom stereocenters. The highest BCUT2D eigenvalue weighted by molar-refractivity contribution is 7.52. The molecule has 4 saturated heterocycles. The van der Waals surface area contributed by atoms with E-state index in [2.05, 4.69) is 20.3 Å². The number of unbranched alkanes of at least 4 members (excludes halogenated alkanes) is 9. The Morgan fingerprint density at radius 1 is 0.523 bits per heavy atom. The summed E-state index contributed by atoms with van der Waals surface area (Å²) >= 11 is 0. The Bertz CT molecular complexity index is 3230. The molecule has 4 aliphatic rings. The molecule has 634 valence electrons. The summed E-state index contributed by atoms with van der Waals surface area (Å²) in [4.78, 5) is 78.0. The van der Waals surface area contributed by atoms with E-state index in [0.29, 0.717) is 64.2 Å². The predicted molar refractivity (Wildman–Crippen MR) is 372 cm³/mol. The molecule has 109 heavy (non-hydrogen) atoms. The molecule has 1 amide bonds. The highest BCUT2D eigenvalue weighted by Gasteiger charge is 2.48. The van der Waals surface area contributed by atoms with E-state index < -0.39 is 227 Å². The Morgan fingerprint density at radius 3 is 1.44 bits per heavy atom. The number of carbonyl (C=O) groups is 1. The Kier molecular flexibility index (Phi) is 40.8. The number of nitrogens with one attached hydrogen (secondary N) is 1. The summed E-state index contributed by atoms with van der Waals surface area (Å²) in [6, 6.07) is -1.15. The van der Waals surface area contributed by atoms with Gasteiger partial charge in [-0.2, -0.15) is 0 Å². The van der Waals surface area contributed by atoms with Gasteiger partial charge in [0, 0.05) is 58.3 Å². The minimum atomic E-state index is -5.39.